The number of hydrogen-bond donors (Lipinski definition) is 0. The van der Waals surface area contributed by atoms with Gasteiger partial charge in [0.1, 0.15) is 0 Å². The van der Waals surface area contributed by atoms with Crippen LogP contribution in [0.3, 0.4) is 0 Å². The van der Waals surface area contributed by atoms with Gasteiger partial charge in [0, 0.05) is 43.6 Å². The van der Waals surface area contributed by atoms with E-state index < -0.39 is 5.60 Å². The van der Waals surface area contributed by atoms with Crippen molar-refractivity contribution in [2.24, 2.45) is 0 Å². The summed E-state index contributed by atoms with van der Waals surface area (Å²) in [7, 11) is 0. The van der Waals surface area contributed by atoms with E-state index >= 15 is 0 Å². The maximum absolute atomic E-state index is 13.6. The molecule has 0 N–H and O–H groups in total. The molecule has 0 radical (unpaired) electrons. The summed E-state index contributed by atoms with van der Waals surface area (Å²) in [5.74, 6) is -0.264. The fraction of sp³-hybridized carbons (Fsp3) is 0.667. The van der Waals surface area contributed by atoms with Gasteiger partial charge < -0.3 is 9.64 Å². The molecule has 4 heteroatoms. The molecule has 4 nitrogen and oxygen atoms in total. The molecule has 0 aromatic heterocycles. The van der Waals surface area contributed by atoms with Crippen molar-refractivity contribution in [2.45, 2.75) is 90.1 Å². The Kier molecular flexibility index (Phi) is 6.79. The summed E-state index contributed by atoms with van der Waals surface area (Å²) >= 11 is 0. The second kappa shape index (κ2) is 9.11. The Morgan fingerprint density at radius 2 is 1.71 bits per heavy atom. The average molecular weight is 386 g/mol. The molecular formula is C24H35NO3. The zero-order chi connectivity index (χ0) is 20.1. The molecule has 0 aliphatic heterocycles. The van der Waals surface area contributed by atoms with Gasteiger partial charge in [0.25, 0.3) is 0 Å². The third-order valence-electron chi connectivity index (χ3n) is 6.53. The van der Waals surface area contributed by atoms with Gasteiger partial charge in [0.05, 0.1) is 0 Å². The highest BCUT2D eigenvalue weighted by molar-refractivity contribution is 5.97. The highest BCUT2D eigenvalue weighted by Crippen LogP contribution is 2.59. The molecule has 0 heterocycles. The van der Waals surface area contributed by atoms with Gasteiger partial charge in [-0.25, -0.2) is 0 Å². The second-order valence-corrected chi connectivity index (χ2v) is 8.23. The second-order valence-electron chi connectivity index (χ2n) is 8.23. The van der Waals surface area contributed by atoms with Crippen LogP contribution in [0, 0.1) is 0 Å². The molecule has 0 bridgehead atoms. The normalized spacial score (nSPS) is 25.4. The van der Waals surface area contributed by atoms with Gasteiger partial charge in [-0.3, -0.25) is 9.59 Å². The fourth-order valence-corrected chi connectivity index (χ4v) is 5.20. The molecule has 0 amide bonds. The van der Waals surface area contributed by atoms with Gasteiger partial charge >= 0.3 is 5.97 Å². The van der Waals surface area contributed by atoms with E-state index in [-0.39, 0.29) is 17.7 Å². The third-order valence-corrected chi connectivity index (χ3v) is 6.53. The molecule has 2 aliphatic rings. The number of carbonyl (C=O) groups excluding carboxylic acids is 2. The van der Waals surface area contributed by atoms with Crippen molar-refractivity contribution in [3.63, 3.8) is 0 Å². The zero-order valence-corrected chi connectivity index (χ0v) is 17.8. The summed E-state index contributed by atoms with van der Waals surface area (Å²) in [6, 6.07) is 6.30. The number of esters is 1. The lowest BCUT2D eigenvalue weighted by molar-refractivity contribution is -0.175. The third kappa shape index (κ3) is 3.70. The largest absolute Gasteiger partial charge is 0.445 e. The van der Waals surface area contributed by atoms with Crippen LogP contribution in [0.2, 0.25) is 0 Å². The number of rotatable bonds is 4. The molecule has 1 saturated carbocycles. The average Bonchev–Trinajstić information content (AvgIpc) is 2.67. The molecular weight excluding hydrogens is 350 g/mol. The SMILES string of the molecule is CCN(CC)c1cccc2c1C1(OC(C)=O)C(=O)CCCCCCCCCC21. The van der Waals surface area contributed by atoms with Crippen LogP contribution in [0.1, 0.15) is 95.6 Å². The Hall–Kier alpha value is -1.84. The lowest BCUT2D eigenvalue weighted by Gasteiger charge is -2.51. The molecule has 0 spiro atoms. The van der Waals surface area contributed by atoms with Crippen LogP contribution in [0.4, 0.5) is 5.69 Å². The first-order valence-corrected chi connectivity index (χ1v) is 11.2. The quantitative estimate of drug-likeness (QED) is 0.644. The van der Waals surface area contributed by atoms with Crippen molar-refractivity contribution >= 4 is 17.4 Å². The van der Waals surface area contributed by atoms with Crippen LogP contribution >= 0.6 is 0 Å². The van der Waals surface area contributed by atoms with E-state index in [0.717, 1.165) is 50.0 Å². The van der Waals surface area contributed by atoms with Crippen molar-refractivity contribution in [1.82, 2.24) is 0 Å². The highest BCUT2D eigenvalue weighted by Gasteiger charge is 2.60. The van der Waals surface area contributed by atoms with Crippen molar-refractivity contribution < 1.29 is 14.3 Å². The van der Waals surface area contributed by atoms with Crippen molar-refractivity contribution in [3.05, 3.63) is 29.3 Å². The Bertz CT molecular complexity index is 710. The highest BCUT2D eigenvalue weighted by atomic mass is 16.6. The van der Waals surface area contributed by atoms with E-state index in [1.54, 1.807) is 0 Å². The number of fused-ring (bicyclic) bond motifs is 4. The van der Waals surface area contributed by atoms with Crippen LogP contribution in [0.5, 0.6) is 0 Å². The number of hydrogen-bond acceptors (Lipinski definition) is 4. The van der Waals surface area contributed by atoms with Gasteiger partial charge in [-0.1, -0.05) is 50.7 Å². The predicted octanol–water partition coefficient (Wildman–Crippen LogP) is 5.48. The minimum absolute atomic E-state index is 0.00570. The molecule has 2 unspecified atom stereocenters. The Labute approximate surface area is 169 Å². The minimum Gasteiger partial charge on any atom is -0.445 e. The molecule has 3 rings (SSSR count). The van der Waals surface area contributed by atoms with E-state index in [4.69, 9.17) is 4.74 Å². The summed E-state index contributed by atoms with van der Waals surface area (Å²) in [5, 5.41) is 0. The smallest absolute Gasteiger partial charge is 0.303 e. The number of ketones is 1. The summed E-state index contributed by atoms with van der Waals surface area (Å²) in [6.45, 7) is 7.41. The monoisotopic (exact) mass is 385 g/mol. The van der Waals surface area contributed by atoms with Crippen LogP contribution in [0.25, 0.3) is 0 Å². The van der Waals surface area contributed by atoms with Gasteiger partial charge in [0.2, 0.25) is 5.60 Å². The summed E-state index contributed by atoms with van der Waals surface area (Å²) in [6.07, 6.45) is 9.35. The number of benzene rings is 1. The number of Topliss-reactive ketones (excluding diaryl/α,β-unsaturated/α-hetero) is 1. The van der Waals surface area contributed by atoms with Crippen LogP contribution in [-0.4, -0.2) is 24.8 Å². The molecule has 0 saturated heterocycles. The number of anilines is 1. The van der Waals surface area contributed by atoms with Crippen molar-refractivity contribution in [1.29, 1.82) is 0 Å². The first kappa shape index (κ1) is 20.9. The number of carbonyl (C=O) groups is 2. The summed E-state index contributed by atoms with van der Waals surface area (Å²) in [4.78, 5) is 28.0. The first-order valence-electron chi connectivity index (χ1n) is 11.2. The van der Waals surface area contributed by atoms with Gasteiger partial charge in [-0.15, -0.1) is 0 Å². The van der Waals surface area contributed by atoms with Crippen molar-refractivity contribution in [3.8, 4) is 0 Å². The molecule has 2 aliphatic carbocycles. The predicted molar refractivity (Wildman–Crippen MR) is 113 cm³/mol. The number of ether oxygens (including phenoxy) is 1. The maximum atomic E-state index is 13.6. The van der Waals surface area contributed by atoms with Gasteiger partial charge in [0.15, 0.2) is 5.78 Å². The lowest BCUT2D eigenvalue weighted by atomic mass is 9.59. The maximum Gasteiger partial charge on any atom is 0.303 e. The van der Waals surface area contributed by atoms with Crippen molar-refractivity contribution in [2.75, 3.05) is 18.0 Å². The van der Waals surface area contributed by atoms with E-state index in [2.05, 4.69) is 36.9 Å². The molecule has 2 atom stereocenters. The molecule has 154 valence electrons. The van der Waals surface area contributed by atoms with Crippen LogP contribution in [0.15, 0.2) is 18.2 Å². The van der Waals surface area contributed by atoms with E-state index in [1.807, 2.05) is 0 Å². The fourth-order valence-electron chi connectivity index (χ4n) is 5.20. The Balaban J connectivity index is 2.10. The van der Waals surface area contributed by atoms with E-state index in [9.17, 15) is 9.59 Å². The Morgan fingerprint density at radius 1 is 1.07 bits per heavy atom. The molecule has 1 aromatic rings. The van der Waals surface area contributed by atoms with Crippen LogP contribution in [-0.2, 0) is 19.9 Å². The molecule has 1 fully saturated rings. The number of nitrogens with zero attached hydrogens (tertiary/aromatic N) is 1. The van der Waals surface area contributed by atoms with E-state index in [1.165, 1.54) is 38.2 Å². The van der Waals surface area contributed by atoms with Gasteiger partial charge in [-0.05, 0) is 38.3 Å². The topological polar surface area (TPSA) is 46.6 Å². The summed E-state index contributed by atoms with van der Waals surface area (Å²) in [5.41, 5.74) is 2.14. The zero-order valence-electron chi connectivity index (χ0n) is 17.8. The Morgan fingerprint density at radius 3 is 2.36 bits per heavy atom. The standard InChI is InChI=1S/C24H35NO3/c1-4-25(5-2)21-16-13-14-19-20-15-11-9-7-6-8-10-12-17-22(27)24(20,23(19)21)28-18(3)26/h13-14,16,20H,4-12,15,17H2,1-3H3. The van der Waals surface area contributed by atoms with Gasteiger partial charge in [-0.2, -0.15) is 0 Å². The van der Waals surface area contributed by atoms with Crippen LogP contribution < -0.4 is 4.90 Å². The lowest BCUT2D eigenvalue weighted by Crippen LogP contribution is -2.54. The molecule has 1 aromatic carbocycles. The first-order chi connectivity index (χ1) is 13.6. The molecule has 28 heavy (non-hydrogen) atoms. The van der Waals surface area contributed by atoms with E-state index in [0.29, 0.717) is 6.42 Å². The minimum atomic E-state index is -1.08. The summed E-state index contributed by atoms with van der Waals surface area (Å²) < 4.78 is 5.99.